The molecule has 3 amide bonds. The zero-order valence-electron chi connectivity index (χ0n) is 15.4. The minimum atomic E-state index is -0.759. The van der Waals surface area contributed by atoms with Crippen molar-refractivity contribution < 1.29 is 19.1 Å². The highest BCUT2D eigenvalue weighted by molar-refractivity contribution is 7.98. The van der Waals surface area contributed by atoms with Crippen LogP contribution < -0.4 is 15.5 Å². The quantitative estimate of drug-likeness (QED) is 0.742. The van der Waals surface area contributed by atoms with E-state index in [1.807, 2.05) is 20.1 Å². The van der Waals surface area contributed by atoms with Gasteiger partial charge in [-0.1, -0.05) is 26.0 Å². The summed E-state index contributed by atoms with van der Waals surface area (Å²) in [4.78, 5) is 39.0. The summed E-state index contributed by atoms with van der Waals surface area (Å²) in [7, 11) is 1.29. The molecule has 1 aromatic rings. The van der Waals surface area contributed by atoms with Crippen LogP contribution in [0.25, 0.3) is 0 Å². The number of nitrogens with one attached hydrogen (secondary N) is 2. The largest absolute Gasteiger partial charge is 0.467 e. The molecule has 1 aliphatic rings. The SMILES string of the molecule is COC(=O)C(CCSC)NC(=O)N1c2ccccc2NC(=O)C1C(C)C. The summed E-state index contributed by atoms with van der Waals surface area (Å²) < 4.78 is 4.80. The molecule has 8 heteroatoms. The molecule has 0 spiro atoms. The average molecular weight is 379 g/mol. The normalized spacial score (nSPS) is 17.3. The van der Waals surface area contributed by atoms with Crippen LogP contribution in [0.5, 0.6) is 0 Å². The Morgan fingerprint density at radius 2 is 2.04 bits per heavy atom. The Labute approximate surface area is 157 Å². The summed E-state index contributed by atoms with van der Waals surface area (Å²) in [6.45, 7) is 3.76. The minimum Gasteiger partial charge on any atom is -0.467 e. The Morgan fingerprint density at radius 1 is 1.35 bits per heavy atom. The summed E-state index contributed by atoms with van der Waals surface area (Å²) in [6.07, 6.45) is 2.38. The number of methoxy groups -OCH3 is 1. The summed E-state index contributed by atoms with van der Waals surface area (Å²) in [5, 5.41) is 5.58. The lowest BCUT2D eigenvalue weighted by Gasteiger charge is -2.38. The van der Waals surface area contributed by atoms with Crippen LogP contribution in [0, 0.1) is 5.92 Å². The molecule has 2 unspecified atom stereocenters. The molecule has 7 nitrogen and oxygen atoms in total. The number of anilines is 2. The van der Waals surface area contributed by atoms with Gasteiger partial charge in [0.1, 0.15) is 12.1 Å². The van der Waals surface area contributed by atoms with Crippen LogP contribution in [0.2, 0.25) is 0 Å². The fraction of sp³-hybridized carbons (Fsp3) is 0.500. The van der Waals surface area contributed by atoms with Crippen LogP contribution in [0.1, 0.15) is 20.3 Å². The van der Waals surface area contributed by atoms with Crippen molar-refractivity contribution in [2.24, 2.45) is 5.92 Å². The molecule has 1 aromatic carbocycles. The first-order chi connectivity index (χ1) is 12.4. The van der Waals surface area contributed by atoms with E-state index >= 15 is 0 Å². The molecule has 0 aliphatic carbocycles. The molecule has 0 saturated heterocycles. The second kappa shape index (κ2) is 8.93. The fourth-order valence-electron chi connectivity index (χ4n) is 2.95. The first-order valence-electron chi connectivity index (χ1n) is 8.47. The molecule has 142 valence electrons. The third kappa shape index (κ3) is 4.30. The lowest BCUT2D eigenvalue weighted by molar-refractivity contribution is -0.142. The van der Waals surface area contributed by atoms with E-state index < -0.39 is 24.1 Å². The van der Waals surface area contributed by atoms with Crippen LogP contribution in [0.3, 0.4) is 0 Å². The van der Waals surface area contributed by atoms with Crippen molar-refractivity contribution in [1.29, 1.82) is 0 Å². The number of nitrogens with zero attached hydrogens (tertiary/aromatic N) is 1. The van der Waals surface area contributed by atoms with Gasteiger partial charge >= 0.3 is 12.0 Å². The smallest absolute Gasteiger partial charge is 0.328 e. The van der Waals surface area contributed by atoms with E-state index in [2.05, 4.69) is 10.6 Å². The van der Waals surface area contributed by atoms with Crippen molar-refractivity contribution >= 4 is 41.0 Å². The lowest BCUT2D eigenvalue weighted by Crippen LogP contribution is -2.58. The molecule has 1 heterocycles. The van der Waals surface area contributed by atoms with Crippen molar-refractivity contribution in [2.45, 2.75) is 32.4 Å². The van der Waals surface area contributed by atoms with Crippen molar-refractivity contribution in [3.63, 3.8) is 0 Å². The first kappa shape index (κ1) is 20.1. The Hall–Kier alpha value is -2.22. The van der Waals surface area contributed by atoms with E-state index in [9.17, 15) is 14.4 Å². The predicted octanol–water partition coefficient (Wildman–Crippen LogP) is 2.47. The maximum absolute atomic E-state index is 13.0. The molecular formula is C18H25N3O4S. The number of para-hydroxylation sites is 2. The molecule has 2 atom stereocenters. The van der Waals surface area contributed by atoms with E-state index in [0.717, 1.165) is 0 Å². The Morgan fingerprint density at radius 3 is 2.65 bits per heavy atom. The van der Waals surface area contributed by atoms with E-state index in [1.54, 1.807) is 36.0 Å². The van der Waals surface area contributed by atoms with Crippen molar-refractivity contribution in [1.82, 2.24) is 5.32 Å². The summed E-state index contributed by atoms with van der Waals surface area (Å²) in [5.74, 6) is -0.141. The summed E-state index contributed by atoms with van der Waals surface area (Å²) in [6, 6.07) is 5.21. The van der Waals surface area contributed by atoms with E-state index in [1.165, 1.54) is 12.0 Å². The Balaban J connectivity index is 2.33. The molecule has 2 rings (SSSR count). The second-order valence-corrected chi connectivity index (χ2v) is 7.36. The molecule has 2 N–H and O–H groups in total. The van der Waals surface area contributed by atoms with E-state index in [-0.39, 0.29) is 11.8 Å². The zero-order chi connectivity index (χ0) is 19.3. The first-order valence-corrected chi connectivity index (χ1v) is 9.86. The van der Waals surface area contributed by atoms with Crippen molar-refractivity contribution in [2.75, 3.05) is 29.3 Å². The topological polar surface area (TPSA) is 87.7 Å². The number of thioether (sulfide) groups is 1. The number of amides is 3. The molecule has 0 bridgehead atoms. The number of rotatable bonds is 6. The highest BCUT2D eigenvalue weighted by Crippen LogP contribution is 2.34. The predicted molar refractivity (Wildman–Crippen MR) is 104 cm³/mol. The standard InChI is InChI=1S/C18H25N3O4S/c1-11(2)15-16(22)19-12-7-5-6-8-14(12)21(15)18(24)20-13(9-10-26-4)17(23)25-3/h5-8,11,13,15H,9-10H2,1-4H3,(H,19,22)(H,20,24). The molecule has 26 heavy (non-hydrogen) atoms. The highest BCUT2D eigenvalue weighted by atomic mass is 32.2. The number of hydrogen-bond donors (Lipinski definition) is 2. The van der Waals surface area contributed by atoms with Crippen LogP contribution in [-0.4, -0.2) is 49.1 Å². The lowest BCUT2D eigenvalue weighted by atomic mass is 9.98. The van der Waals surface area contributed by atoms with Gasteiger partial charge in [0.25, 0.3) is 0 Å². The van der Waals surface area contributed by atoms with Gasteiger partial charge in [-0.15, -0.1) is 0 Å². The number of carbonyl (C=O) groups excluding carboxylic acids is 3. The second-order valence-electron chi connectivity index (χ2n) is 6.37. The van der Waals surface area contributed by atoms with Gasteiger partial charge in [0.2, 0.25) is 5.91 Å². The summed E-state index contributed by atoms with van der Waals surface area (Å²) in [5.41, 5.74) is 1.18. The molecule has 0 radical (unpaired) electrons. The molecule has 0 aromatic heterocycles. The third-order valence-corrected chi connectivity index (χ3v) is 4.86. The summed E-state index contributed by atoms with van der Waals surface area (Å²) >= 11 is 1.58. The van der Waals surface area contributed by atoms with Crippen LogP contribution >= 0.6 is 11.8 Å². The maximum atomic E-state index is 13.0. The number of benzene rings is 1. The number of fused-ring (bicyclic) bond motifs is 1. The van der Waals surface area contributed by atoms with Crippen LogP contribution in [0.4, 0.5) is 16.2 Å². The molecule has 0 saturated carbocycles. The maximum Gasteiger partial charge on any atom is 0.328 e. The van der Waals surface area contributed by atoms with Gasteiger partial charge in [0.15, 0.2) is 0 Å². The van der Waals surface area contributed by atoms with Crippen LogP contribution in [-0.2, 0) is 14.3 Å². The minimum absolute atomic E-state index is 0.100. The van der Waals surface area contributed by atoms with E-state index in [4.69, 9.17) is 4.74 Å². The number of ether oxygens (including phenoxy) is 1. The molecule has 0 fully saturated rings. The molecular weight excluding hydrogens is 354 g/mol. The monoisotopic (exact) mass is 379 g/mol. The van der Waals surface area contributed by atoms with E-state index in [0.29, 0.717) is 23.5 Å². The fourth-order valence-corrected chi connectivity index (χ4v) is 3.42. The number of urea groups is 1. The van der Waals surface area contributed by atoms with Crippen molar-refractivity contribution in [3.05, 3.63) is 24.3 Å². The molecule has 1 aliphatic heterocycles. The van der Waals surface area contributed by atoms with Crippen LogP contribution in [0.15, 0.2) is 24.3 Å². The van der Waals surface area contributed by atoms with Gasteiger partial charge < -0.3 is 15.4 Å². The van der Waals surface area contributed by atoms with Gasteiger partial charge in [-0.05, 0) is 36.5 Å². The average Bonchev–Trinajstić information content (AvgIpc) is 2.62. The number of esters is 1. The van der Waals surface area contributed by atoms with Gasteiger partial charge in [0, 0.05) is 0 Å². The number of hydrogen-bond acceptors (Lipinski definition) is 5. The Kier molecular flexibility index (Phi) is 6.90. The highest BCUT2D eigenvalue weighted by Gasteiger charge is 2.39. The van der Waals surface area contributed by atoms with Gasteiger partial charge in [0.05, 0.1) is 18.5 Å². The van der Waals surface area contributed by atoms with Gasteiger partial charge in [-0.2, -0.15) is 11.8 Å². The zero-order valence-corrected chi connectivity index (χ0v) is 16.3. The third-order valence-electron chi connectivity index (χ3n) is 4.21. The number of carbonyl (C=O) groups is 3. The van der Waals surface area contributed by atoms with Gasteiger partial charge in [-0.3, -0.25) is 9.69 Å². The van der Waals surface area contributed by atoms with Gasteiger partial charge in [-0.25, -0.2) is 9.59 Å². The Bertz CT molecular complexity index is 680. The van der Waals surface area contributed by atoms with Crippen molar-refractivity contribution in [3.8, 4) is 0 Å².